The first-order chi connectivity index (χ1) is 16.0. The molecular formula is C26H30N2O5. The SMILES string of the molecule is CC(CNC(=O)OCC1c2ccccc2-c2ccccc21)C(=O)N[C@@H]1CCCC[C@@H]1C(=O)O. The highest BCUT2D eigenvalue weighted by molar-refractivity contribution is 5.81. The van der Waals surface area contributed by atoms with Gasteiger partial charge in [-0.25, -0.2) is 4.79 Å². The lowest BCUT2D eigenvalue weighted by Gasteiger charge is -2.30. The van der Waals surface area contributed by atoms with E-state index < -0.39 is 23.9 Å². The third kappa shape index (κ3) is 5.02. The number of fused-ring (bicyclic) bond motifs is 3. The quantitative estimate of drug-likeness (QED) is 0.593. The number of hydrogen-bond donors (Lipinski definition) is 3. The highest BCUT2D eigenvalue weighted by atomic mass is 16.5. The summed E-state index contributed by atoms with van der Waals surface area (Å²) in [4.78, 5) is 36.3. The Balaban J connectivity index is 1.27. The number of rotatable bonds is 7. The molecule has 1 fully saturated rings. The van der Waals surface area contributed by atoms with Gasteiger partial charge in [-0.3, -0.25) is 9.59 Å². The van der Waals surface area contributed by atoms with Crippen LogP contribution < -0.4 is 10.6 Å². The van der Waals surface area contributed by atoms with Crippen molar-refractivity contribution in [1.82, 2.24) is 10.6 Å². The Morgan fingerprint density at radius 2 is 1.61 bits per heavy atom. The molecule has 33 heavy (non-hydrogen) atoms. The molecule has 3 atom stereocenters. The average molecular weight is 451 g/mol. The topological polar surface area (TPSA) is 105 Å². The Kier molecular flexibility index (Phi) is 6.96. The summed E-state index contributed by atoms with van der Waals surface area (Å²) in [5, 5.41) is 14.9. The zero-order valence-corrected chi connectivity index (χ0v) is 18.8. The van der Waals surface area contributed by atoms with E-state index in [2.05, 4.69) is 34.9 Å². The van der Waals surface area contributed by atoms with E-state index in [4.69, 9.17) is 4.74 Å². The lowest BCUT2D eigenvalue weighted by molar-refractivity contribution is -0.144. The second-order valence-electron chi connectivity index (χ2n) is 8.95. The van der Waals surface area contributed by atoms with Crippen molar-refractivity contribution in [1.29, 1.82) is 0 Å². The zero-order valence-electron chi connectivity index (χ0n) is 18.8. The number of hydrogen-bond acceptors (Lipinski definition) is 4. The number of carboxylic acid groups (broad SMARTS) is 1. The van der Waals surface area contributed by atoms with E-state index >= 15 is 0 Å². The van der Waals surface area contributed by atoms with E-state index in [-0.39, 0.29) is 31.0 Å². The molecule has 0 aromatic heterocycles. The number of carbonyl (C=O) groups is 3. The molecule has 4 rings (SSSR count). The highest BCUT2D eigenvalue weighted by Crippen LogP contribution is 2.44. The minimum Gasteiger partial charge on any atom is -0.481 e. The van der Waals surface area contributed by atoms with Crippen molar-refractivity contribution < 1.29 is 24.2 Å². The van der Waals surface area contributed by atoms with E-state index in [1.807, 2.05) is 24.3 Å². The summed E-state index contributed by atoms with van der Waals surface area (Å²) < 4.78 is 5.51. The number of benzene rings is 2. The Labute approximate surface area is 193 Å². The molecule has 0 aliphatic heterocycles. The van der Waals surface area contributed by atoms with Crippen molar-refractivity contribution in [3.63, 3.8) is 0 Å². The molecule has 0 saturated heterocycles. The molecule has 2 aromatic rings. The summed E-state index contributed by atoms with van der Waals surface area (Å²) in [5.41, 5.74) is 4.60. The summed E-state index contributed by atoms with van der Waals surface area (Å²) in [6.07, 6.45) is 2.43. The number of carboxylic acids is 1. The molecule has 1 unspecified atom stereocenters. The lowest BCUT2D eigenvalue weighted by Crippen LogP contribution is -2.48. The zero-order chi connectivity index (χ0) is 23.4. The normalized spacial score (nSPS) is 20.3. The van der Waals surface area contributed by atoms with Gasteiger partial charge in [0.1, 0.15) is 6.61 Å². The molecule has 0 bridgehead atoms. The maximum absolute atomic E-state index is 12.5. The van der Waals surface area contributed by atoms with Crippen molar-refractivity contribution in [2.24, 2.45) is 11.8 Å². The van der Waals surface area contributed by atoms with Crippen LogP contribution in [0.3, 0.4) is 0 Å². The van der Waals surface area contributed by atoms with Gasteiger partial charge in [-0.1, -0.05) is 68.3 Å². The van der Waals surface area contributed by atoms with Gasteiger partial charge in [-0.15, -0.1) is 0 Å². The molecule has 7 heteroatoms. The van der Waals surface area contributed by atoms with Gasteiger partial charge in [-0.05, 0) is 35.1 Å². The van der Waals surface area contributed by atoms with Gasteiger partial charge in [0, 0.05) is 18.5 Å². The fourth-order valence-electron chi connectivity index (χ4n) is 4.90. The van der Waals surface area contributed by atoms with E-state index in [0.29, 0.717) is 12.8 Å². The molecular weight excluding hydrogens is 420 g/mol. The highest BCUT2D eigenvalue weighted by Gasteiger charge is 2.33. The summed E-state index contributed by atoms with van der Waals surface area (Å²) >= 11 is 0. The van der Waals surface area contributed by atoms with Crippen LogP contribution in [0.5, 0.6) is 0 Å². The number of ether oxygens (including phenoxy) is 1. The van der Waals surface area contributed by atoms with E-state index in [1.54, 1.807) is 6.92 Å². The summed E-state index contributed by atoms with van der Waals surface area (Å²) in [5.74, 6) is -2.20. The van der Waals surface area contributed by atoms with Gasteiger partial charge in [-0.2, -0.15) is 0 Å². The maximum atomic E-state index is 12.5. The minimum atomic E-state index is -0.871. The second kappa shape index (κ2) is 10.1. The van der Waals surface area contributed by atoms with Crippen LogP contribution in [0.4, 0.5) is 4.79 Å². The number of nitrogens with one attached hydrogen (secondary N) is 2. The first-order valence-electron chi connectivity index (χ1n) is 11.6. The van der Waals surface area contributed by atoms with Crippen molar-refractivity contribution in [2.75, 3.05) is 13.2 Å². The largest absolute Gasteiger partial charge is 0.481 e. The van der Waals surface area contributed by atoms with Crippen molar-refractivity contribution >= 4 is 18.0 Å². The predicted molar refractivity (Wildman–Crippen MR) is 124 cm³/mol. The first-order valence-corrected chi connectivity index (χ1v) is 11.6. The molecule has 2 aromatic carbocycles. The van der Waals surface area contributed by atoms with Crippen molar-refractivity contribution in [3.05, 3.63) is 59.7 Å². The van der Waals surface area contributed by atoms with Crippen LogP contribution in [0, 0.1) is 11.8 Å². The summed E-state index contributed by atoms with van der Waals surface area (Å²) in [7, 11) is 0. The van der Waals surface area contributed by atoms with Gasteiger partial charge in [0.2, 0.25) is 5.91 Å². The maximum Gasteiger partial charge on any atom is 0.407 e. The van der Waals surface area contributed by atoms with Crippen molar-refractivity contribution in [2.45, 2.75) is 44.6 Å². The van der Waals surface area contributed by atoms with Crippen LogP contribution in [0.1, 0.15) is 49.7 Å². The van der Waals surface area contributed by atoms with Crippen LogP contribution in [0.2, 0.25) is 0 Å². The molecule has 1 saturated carbocycles. The van der Waals surface area contributed by atoms with Gasteiger partial charge in [0.15, 0.2) is 0 Å². The van der Waals surface area contributed by atoms with E-state index in [1.165, 1.54) is 0 Å². The molecule has 2 aliphatic carbocycles. The predicted octanol–water partition coefficient (Wildman–Crippen LogP) is 3.92. The molecule has 3 N–H and O–H groups in total. The van der Waals surface area contributed by atoms with Gasteiger partial charge in [0.25, 0.3) is 0 Å². The second-order valence-corrected chi connectivity index (χ2v) is 8.95. The van der Waals surface area contributed by atoms with E-state index in [0.717, 1.165) is 35.1 Å². The fraction of sp³-hybridized carbons (Fsp3) is 0.423. The Morgan fingerprint density at radius 3 is 2.24 bits per heavy atom. The molecule has 174 valence electrons. The molecule has 2 amide bonds. The third-order valence-corrected chi connectivity index (χ3v) is 6.75. The summed E-state index contributed by atoms with van der Waals surface area (Å²) in [6.45, 7) is 2.04. The van der Waals surface area contributed by atoms with Gasteiger partial charge in [0.05, 0.1) is 11.8 Å². The average Bonchev–Trinajstić information content (AvgIpc) is 3.15. The van der Waals surface area contributed by atoms with Gasteiger partial charge >= 0.3 is 12.1 Å². The molecule has 0 heterocycles. The number of carbonyl (C=O) groups excluding carboxylic acids is 2. The Bertz CT molecular complexity index is 991. The molecule has 7 nitrogen and oxygen atoms in total. The van der Waals surface area contributed by atoms with Crippen LogP contribution in [0.15, 0.2) is 48.5 Å². The van der Waals surface area contributed by atoms with E-state index in [9.17, 15) is 19.5 Å². The third-order valence-electron chi connectivity index (χ3n) is 6.75. The number of amides is 2. The first kappa shape index (κ1) is 22.8. The standard InChI is InChI=1S/C26H30N2O5/c1-16(24(29)28-23-13-7-6-12-21(23)25(30)31)14-27-26(32)33-15-22-19-10-4-2-8-17(19)18-9-3-5-11-20(18)22/h2-5,8-11,16,21-23H,6-7,12-15H2,1H3,(H,27,32)(H,28,29)(H,30,31)/t16?,21-,23+/m0/s1. The fourth-order valence-corrected chi connectivity index (χ4v) is 4.90. The lowest BCUT2D eigenvalue weighted by atomic mass is 9.84. The van der Waals surface area contributed by atoms with Crippen LogP contribution >= 0.6 is 0 Å². The van der Waals surface area contributed by atoms with Crippen LogP contribution in [-0.4, -0.2) is 42.3 Å². The molecule has 2 aliphatic rings. The molecule has 0 radical (unpaired) electrons. The van der Waals surface area contributed by atoms with Crippen LogP contribution in [0.25, 0.3) is 11.1 Å². The van der Waals surface area contributed by atoms with Crippen molar-refractivity contribution in [3.8, 4) is 11.1 Å². The Hall–Kier alpha value is -3.35. The van der Waals surface area contributed by atoms with Gasteiger partial charge < -0.3 is 20.5 Å². The number of aliphatic carboxylic acids is 1. The molecule has 0 spiro atoms. The number of alkyl carbamates (subject to hydrolysis) is 1. The van der Waals surface area contributed by atoms with Crippen LogP contribution in [-0.2, 0) is 14.3 Å². The minimum absolute atomic E-state index is 0.0249. The smallest absolute Gasteiger partial charge is 0.407 e. The summed E-state index contributed by atoms with van der Waals surface area (Å²) in [6, 6.07) is 15.9. The monoisotopic (exact) mass is 450 g/mol. The Morgan fingerprint density at radius 1 is 1.00 bits per heavy atom.